The van der Waals surface area contributed by atoms with Gasteiger partial charge in [0.05, 0.1) is 11.5 Å². The molecule has 0 amide bonds. The summed E-state index contributed by atoms with van der Waals surface area (Å²) in [6, 6.07) is 6.50. The first kappa shape index (κ1) is 13.6. The Morgan fingerprint density at radius 1 is 1.33 bits per heavy atom. The molecule has 0 aromatic heterocycles. The lowest BCUT2D eigenvalue weighted by atomic mass is 10.1. The number of rotatable bonds is 3. The van der Waals surface area contributed by atoms with E-state index in [9.17, 15) is 8.42 Å². The van der Waals surface area contributed by atoms with Gasteiger partial charge >= 0.3 is 0 Å². The van der Waals surface area contributed by atoms with Crippen LogP contribution in [0, 0.1) is 13.8 Å². The Labute approximate surface area is 110 Å². The molecule has 0 aliphatic carbocycles. The van der Waals surface area contributed by atoms with E-state index in [0.717, 1.165) is 19.4 Å². The van der Waals surface area contributed by atoms with Crippen LogP contribution in [-0.4, -0.2) is 26.0 Å². The average Bonchev–Trinajstić information content (AvgIpc) is 2.26. The van der Waals surface area contributed by atoms with Crippen LogP contribution in [0.15, 0.2) is 18.2 Å². The summed E-state index contributed by atoms with van der Waals surface area (Å²) in [5.74, 6) is 0.645. The fraction of sp³-hybridized carbons (Fsp3) is 0.571. The van der Waals surface area contributed by atoms with Crippen LogP contribution in [-0.2, 0) is 16.4 Å². The molecule has 1 saturated heterocycles. The van der Waals surface area contributed by atoms with Crippen LogP contribution in [0.4, 0.5) is 0 Å². The Morgan fingerprint density at radius 2 is 2.11 bits per heavy atom. The van der Waals surface area contributed by atoms with Gasteiger partial charge in [0.1, 0.15) is 0 Å². The van der Waals surface area contributed by atoms with E-state index in [2.05, 4.69) is 37.4 Å². The molecule has 1 aromatic carbocycles. The van der Waals surface area contributed by atoms with Crippen LogP contribution >= 0.6 is 0 Å². The van der Waals surface area contributed by atoms with Gasteiger partial charge in [-0.3, -0.25) is 0 Å². The first-order chi connectivity index (χ1) is 8.46. The molecule has 1 heterocycles. The lowest BCUT2D eigenvalue weighted by Gasteiger charge is -2.23. The van der Waals surface area contributed by atoms with E-state index < -0.39 is 9.84 Å². The standard InChI is InChI=1S/C14H21NO2S/c1-11-5-6-13(12(2)8-11)9-15-14-4-3-7-18(16,17)10-14/h5-6,8,14-15H,3-4,7,9-10H2,1-2H3. The molecular formula is C14H21NO2S. The molecule has 1 fully saturated rings. The molecule has 0 saturated carbocycles. The molecule has 18 heavy (non-hydrogen) atoms. The van der Waals surface area contributed by atoms with Crippen molar-refractivity contribution in [1.82, 2.24) is 5.32 Å². The van der Waals surface area contributed by atoms with Crippen molar-refractivity contribution in [1.29, 1.82) is 0 Å². The normalized spacial score (nSPS) is 22.9. The third kappa shape index (κ3) is 3.56. The van der Waals surface area contributed by atoms with E-state index in [1.807, 2.05) is 0 Å². The topological polar surface area (TPSA) is 46.2 Å². The highest BCUT2D eigenvalue weighted by atomic mass is 32.2. The van der Waals surface area contributed by atoms with Crippen LogP contribution in [0.25, 0.3) is 0 Å². The van der Waals surface area contributed by atoms with Crippen molar-refractivity contribution < 1.29 is 8.42 Å². The zero-order valence-corrected chi connectivity index (χ0v) is 11.9. The number of hydrogen-bond donors (Lipinski definition) is 1. The molecule has 1 aromatic rings. The minimum Gasteiger partial charge on any atom is -0.309 e. The monoisotopic (exact) mass is 267 g/mol. The van der Waals surface area contributed by atoms with Crippen molar-refractivity contribution in [2.75, 3.05) is 11.5 Å². The maximum Gasteiger partial charge on any atom is 0.151 e. The van der Waals surface area contributed by atoms with Crippen molar-refractivity contribution in [3.05, 3.63) is 34.9 Å². The van der Waals surface area contributed by atoms with E-state index in [0.29, 0.717) is 5.75 Å². The fourth-order valence-electron chi connectivity index (χ4n) is 2.48. The Balaban J connectivity index is 1.95. The third-order valence-corrected chi connectivity index (χ3v) is 5.36. The molecule has 1 N–H and O–H groups in total. The van der Waals surface area contributed by atoms with Crippen molar-refractivity contribution in [3.63, 3.8) is 0 Å². The van der Waals surface area contributed by atoms with E-state index in [1.165, 1.54) is 16.7 Å². The van der Waals surface area contributed by atoms with Gasteiger partial charge in [0.2, 0.25) is 0 Å². The predicted molar refractivity (Wildman–Crippen MR) is 74.4 cm³/mol. The number of hydrogen-bond acceptors (Lipinski definition) is 3. The minimum absolute atomic E-state index is 0.115. The lowest BCUT2D eigenvalue weighted by molar-refractivity contribution is 0.479. The molecule has 1 aliphatic rings. The summed E-state index contributed by atoms with van der Waals surface area (Å²) < 4.78 is 23.1. The Bertz CT molecular complexity index is 523. The Morgan fingerprint density at radius 3 is 2.78 bits per heavy atom. The van der Waals surface area contributed by atoms with Crippen molar-refractivity contribution in [2.45, 2.75) is 39.3 Å². The average molecular weight is 267 g/mol. The number of nitrogens with one attached hydrogen (secondary N) is 1. The van der Waals surface area contributed by atoms with Crippen molar-refractivity contribution in [3.8, 4) is 0 Å². The second-order valence-electron chi connectivity index (χ2n) is 5.26. The molecule has 1 atom stereocenters. The Kier molecular flexibility index (Phi) is 4.07. The number of sulfone groups is 1. The van der Waals surface area contributed by atoms with Gasteiger partial charge in [-0.2, -0.15) is 0 Å². The van der Waals surface area contributed by atoms with Crippen molar-refractivity contribution in [2.24, 2.45) is 0 Å². The molecule has 1 unspecified atom stereocenters. The molecule has 2 rings (SSSR count). The second kappa shape index (κ2) is 5.41. The summed E-state index contributed by atoms with van der Waals surface area (Å²) in [7, 11) is -2.82. The van der Waals surface area contributed by atoms with Crippen LogP contribution in [0.2, 0.25) is 0 Å². The van der Waals surface area contributed by atoms with Gasteiger partial charge in [0.15, 0.2) is 9.84 Å². The lowest BCUT2D eigenvalue weighted by Crippen LogP contribution is -2.39. The van der Waals surface area contributed by atoms with Gasteiger partial charge in [-0.05, 0) is 37.8 Å². The first-order valence-corrected chi connectivity index (χ1v) is 8.28. The van der Waals surface area contributed by atoms with Gasteiger partial charge in [-0.25, -0.2) is 8.42 Å². The quantitative estimate of drug-likeness (QED) is 0.911. The fourth-order valence-corrected chi connectivity index (χ4v) is 4.15. The highest BCUT2D eigenvalue weighted by Gasteiger charge is 2.24. The van der Waals surface area contributed by atoms with Gasteiger partial charge in [-0.15, -0.1) is 0 Å². The molecule has 0 bridgehead atoms. The van der Waals surface area contributed by atoms with Gasteiger partial charge in [-0.1, -0.05) is 23.8 Å². The summed E-state index contributed by atoms with van der Waals surface area (Å²) in [5.41, 5.74) is 3.78. The smallest absolute Gasteiger partial charge is 0.151 e. The molecular weight excluding hydrogens is 246 g/mol. The zero-order valence-electron chi connectivity index (χ0n) is 11.1. The molecule has 3 nitrogen and oxygen atoms in total. The van der Waals surface area contributed by atoms with E-state index in [-0.39, 0.29) is 11.8 Å². The molecule has 100 valence electrons. The van der Waals surface area contributed by atoms with E-state index in [4.69, 9.17) is 0 Å². The maximum atomic E-state index is 11.5. The Hall–Kier alpha value is -0.870. The highest BCUT2D eigenvalue weighted by molar-refractivity contribution is 7.91. The predicted octanol–water partition coefficient (Wildman–Crippen LogP) is 1.97. The largest absolute Gasteiger partial charge is 0.309 e. The SMILES string of the molecule is Cc1ccc(CNC2CCCS(=O)(=O)C2)c(C)c1. The summed E-state index contributed by atoms with van der Waals surface area (Å²) in [4.78, 5) is 0. The van der Waals surface area contributed by atoms with Crippen LogP contribution in [0.1, 0.15) is 29.5 Å². The van der Waals surface area contributed by atoms with Crippen LogP contribution < -0.4 is 5.32 Å². The summed E-state index contributed by atoms with van der Waals surface area (Å²) >= 11 is 0. The summed E-state index contributed by atoms with van der Waals surface area (Å²) in [5, 5.41) is 3.37. The number of benzene rings is 1. The van der Waals surface area contributed by atoms with Gasteiger partial charge in [0.25, 0.3) is 0 Å². The minimum atomic E-state index is -2.82. The summed E-state index contributed by atoms with van der Waals surface area (Å²) in [6.07, 6.45) is 1.75. The third-order valence-electron chi connectivity index (χ3n) is 3.54. The van der Waals surface area contributed by atoms with E-state index >= 15 is 0 Å². The molecule has 0 spiro atoms. The van der Waals surface area contributed by atoms with Crippen LogP contribution in [0.5, 0.6) is 0 Å². The van der Waals surface area contributed by atoms with Crippen LogP contribution in [0.3, 0.4) is 0 Å². The molecule has 0 radical (unpaired) electrons. The van der Waals surface area contributed by atoms with Gasteiger partial charge in [0, 0.05) is 12.6 Å². The summed E-state index contributed by atoms with van der Waals surface area (Å²) in [6.45, 7) is 4.94. The van der Waals surface area contributed by atoms with Crippen molar-refractivity contribution >= 4 is 9.84 Å². The van der Waals surface area contributed by atoms with Gasteiger partial charge < -0.3 is 5.32 Å². The number of aryl methyl sites for hydroxylation is 2. The molecule has 1 aliphatic heterocycles. The maximum absolute atomic E-state index is 11.5. The molecule has 4 heteroatoms. The second-order valence-corrected chi connectivity index (χ2v) is 7.49. The first-order valence-electron chi connectivity index (χ1n) is 6.46. The highest BCUT2D eigenvalue weighted by Crippen LogP contribution is 2.14. The van der Waals surface area contributed by atoms with E-state index in [1.54, 1.807) is 0 Å². The zero-order chi connectivity index (χ0) is 13.2.